The highest BCUT2D eigenvalue weighted by Crippen LogP contribution is 2.24. The molecule has 0 amide bonds. The van der Waals surface area contributed by atoms with Gasteiger partial charge >= 0.3 is 0 Å². The Morgan fingerprint density at radius 1 is 1.12 bits per heavy atom. The van der Waals surface area contributed by atoms with Gasteiger partial charge in [0.25, 0.3) is 0 Å². The largest absolute Gasteiger partial charge is 0.381 e. The summed E-state index contributed by atoms with van der Waals surface area (Å²) in [5.41, 5.74) is 0.879. The molecule has 2 aromatic rings. The quantitative estimate of drug-likeness (QED) is 0.786. The molecule has 1 saturated heterocycles. The fraction of sp³-hybridized carbons (Fsp3) is 0.333. The van der Waals surface area contributed by atoms with Gasteiger partial charge in [-0.25, -0.2) is 8.42 Å². The Labute approximate surface area is 147 Å². The highest BCUT2D eigenvalue weighted by Gasteiger charge is 2.30. The van der Waals surface area contributed by atoms with Gasteiger partial charge in [0.05, 0.1) is 0 Å². The monoisotopic (exact) mass is 363 g/mol. The van der Waals surface area contributed by atoms with Crippen molar-refractivity contribution in [1.82, 2.24) is 4.31 Å². The number of rotatable bonds is 6. The van der Waals surface area contributed by atoms with Gasteiger partial charge in [-0.1, -0.05) is 36.4 Å². The molecule has 1 aromatic heterocycles. The van der Waals surface area contributed by atoms with E-state index in [9.17, 15) is 8.42 Å². The molecule has 0 bridgehead atoms. The molecule has 3 rings (SSSR count). The molecule has 4 nitrogen and oxygen atoms in total. The Kier molecular flexibility index (Phi) is 5.84. The molecular formula is C18H21NO3S2. The fourth-order valence-electron chi connectivity index (χ4n) is 2.76. The summed E-state index contributed by atoms with van der Waals surface area (Å²) in [7, 11) is -3.49. The van der Waals surface area contributed by atoms with E-state index in [4.69, 9.17) is 4.74 Å². The van der Waals surface area contributed by atoms with E-state index in [1.807, 2.05) is 47.8 Å². The van der Waals surface area contributed by atoms with E-state index in [1.165, 1.54) is 5.41 Å². The van der Waals surface area contributed by atoms with E-state index < -0.39 is 10.0 Å². The molecule has 1 fully saturated rings. The predicted molar refractivity (Wildman–Crippen MR) is 98.1 cm³/mol. The van der Waals surface area contributed by atoms with E-state index in [1.54, 1.807) is 21.7 Å². The first-order valence-corrected chi connectivity index (χ1v) is 10.4. The fourth-order valence-corrected chi connectivity index (χ4v) is 4.98. The predicted octanol–water partition coefficient (Wildman–Crippen LogP) is 3.73. The first kappa shape index (κ1) is 17.4. The summed E-state index contributed by atoms with van der Waals surface area (Å²) in [6, 6.07) is 13.4. The van der Waals surface area contributed by atoms with Gasteiger partial charge in [0, 0.05) is 36.1 Å². The Balaban J connectivity index is 1.83. The molecule has 2 heterocycles. The third-order valence-electron chi connectivity index (χ3n) is 4.05. The molecule has 0 radical (unpaired) electrons. The van der Waals surface area contributed by atoms with Gasteiger partial charge in [0.2, 0.25) is 10.0 Å². The third-order valence-corrected chi connectivity index (χ3v) is 6.47. The van der Waals surface area contributed by atoms with E-state index >= 15 is 0 Å². The molecule has 0 saturated carbocycles. The number of hydrogen-bond acceptors (Lipinski definition) is 4. The summed E-state index contributed by atoms with van der Waals surface area (Å²) in [6.07, 6.45) is 3.14. The van der Waals surface area contributed by atoms with Crippen LogP contribution < -0.4 is 0 Å². The first-order valence-electron chi connectivity index (χ1n) is 8.00. The standard InChI is InChI=1S/C18H21NO3S2/c20-24(21,14-10-16-5-2-1-3-6-16)19(15-18-7-4-13-23-18)17-8-11-22-12-9-17/h1-7,10,13-14,17H,8-9,11-12,15H2/b14-10+. The van der Waals surface area contributed by atoms with Crippen molar-refractivity contribution in [2.45, 2.75) is 25.4 Å². The van der Waals surface area contributed by atoms with Crippen molar-refractivity contribution in [3.05, 3.63) is 63.7 Å². The number of nitrogens with zero attached hydrogens (tertiary/aromatic N) is 1. The highest BCUT2D eigenvalue weighted by atomic mass is 32.2. The molecule has 24 heavy (non-hydrogen) atoms. The van der Waals surface area contributed by atoms with Gasteiger partial charge in [0.15, 0.2) is 0 Å². The van der Waals surface area contributed by atoms with Crippen molar-refractivity contribution < 1.29 is 13.2 Å². The molecule has 0 N–H and O–H groups in total. The van der Waals surface area contributed by atoms with Crippen LogP contribution in [0.5, 0.6) is 0 Å². The van der Waals surface area contributed by atoms with Gasteiger partial charge in [-0.3, -0.25) is 0 Å². The van der Waals surface area contributed by atoms with Gasteiger partial charge < -0.3 is 4.74 Å². The maximum absolute atomic E-state index is 12.9. The second-order valence-electron chi connectivity index (χ2n) is 5.73. The summed E-state index contributed by atoms with van der Waals surface area (Å²) in [6.45, 7) is 1.65. The normalized spacial score (nSPS) is 16.9. The highest BCUT2D eigenvalue weighted by molar-refractivity contribution is 7.92. The van der Waals surface area contributed by atoms with E-state index in [2.05, 4.69) is 0 Å². The van der Waals surface area contributed by atoms with E-state index in [0.717, 1.165) is 23.3 Å². The second kappa shape index (κ2) is 8.07. The Morgan fingerprint density at radius 2 is 1.88 bits per heavy atom. The topological polar surface area (TPSA) is 46.6 Å². The minimum absolute atomic E-state index is 0.00808. The molecule has 1 aliphatic rings. The zero-order valence-corrected chi connectivity index (χ0v) is 15.0. The van der Waals surface area contributed by atoms with Gasteiger partial charge in [-0.05, 0) is 35.9 Å². The molecule has 128 valence electrons. The second-order valence-corrected chi connectivity index (χ2v) is 8.53. The third kappa shape index (κ3) is 4.54. The number of hydrogen-bond donors (Lipinski definition) is 0. The van der Waals surface area contributed by atoms with Crippen molar-refractivity contribution in [2.75, 3.05) is 13.2 Å². The molecule has 0 aliphatic carbocycles. The van der Waals surface area contributed by atoms with Crippen LogP contribution in [-0.2, 0) is 21.3 Å². The van der Waals surface area contributed by atoms with Crippen LogP contribution in [0.15, 0.2) is 53.3 Å². The number of ether oxygens (including phenoxy) is 1. The average molecular weight is 364 g/mol. The maximum atomic E-state index is 12.9. The lowest BCUT2D eigenvalue weighted by Crippen LogP contribution is -2.41. The summed E-state index contributed by atoms with van der Waals surface area (Å²) in [5.74, 6) is 0. The van der Waals surface area contributed by atoms with Crippen molar-refractivity contribution in [3.8, 4) is 0 Å². The summed E-state index contributed by atoms with van der Waals surface area (Å²) in [4.78, 5) is 1.05. The van der Waals surface area contributed by atoms with Crippen molar-refractivity contribution in [1.29, 1.82) is 0 Å². The zero-order chi connectivity index (χ0) is 16.8. The van der Waals surface area contributed by atoms with Crippen LogP contribution in [0.2, 0.25) is 0 Å². The van der Waals surface area contributed by atoms with E-state index in [0.29, 0.717) is 19.8 Å². The molecule has 0 spiro atoms. The van der Waals surface area contributed by atoms with Crippen LogP contribution in [0.25, 0.3) is 6.08 Å². The number of sulfonamides is 1. The maximum Gasteiger partial charge on any atom is 0.236 e. The summed E-state index contributed by atoms with van der Waals surface area (Å²) >= 11 is 1.58. The lowest BCUT2D eigenvalue weighted by molar-refractivity contribution is 0.0575. The van der Waals surface area contributed by atoms with Crippen molar-refractivity contribution in [2.24, 2.45) is 0 Å². The lowest BCUT2D eigenvalue weighted by Gasteiger charge is -2.32. The molecule has 1 aromatic carbocycles. The van der Waals surface area contributed by atoms with Crippen LogP contribution in [0.1, 0.15) is 23.3 Å². The molecule has 0 atom stereocenters. The zero-order valence-electron chi connectivity index (χ0n) is 13.4. The Hall–Kier alpha value is -1.47. The van der Waals surface area contributed by atoms with Crippen molar-refractivity contribution >= 4 is 27.4 Å². The molecule has 0 unspecified atom stereocenters. The summed E-state index contributed by atoms with van der Waals surface area (Å²) < 4.78 is 32.9. The first-order chi connectivity index (χ1) is 11.6. The van der Waals surface area contributed by atoms with Crippen molar-refractivity contribution in [3.63, 3.8) is 0 Å². The van der Waals surface area contributed by atoms with Gasteiger partial charge in [0.1, 0.15) is 0 Å². The smallest absolute Gasteiger partial charge is 0.236 e. The van der Waals surface area contributed by atoms with Crippen LogP contribution in [0, 0.1) is 0 Å². The minimum Gasteiger partial charge on any atom is -0.381 e. The van der Waals surface area contributed by atoms with Gasteiger partial charge in [-0.15, -0.1) is 11.3 Å². The lowest BCUT2D eigenvalue weighted by atomic mass is 10.1. The van der Waals surface area contributed by atoms with Crippen LogP contribution in [0.3, 0.4) is 0 Å². The molecular weight excluding hydrogens is 342 g/mol. The Bertz CT molecular complexity index is 749. The number of benzene rings is 1. The van der Waals surface area contributed by atoms with Gasteiger partial charge in [-0.2, -0.15) is 4.31 Å². The minimum atomic E-state index is -3.49. The molecule has 1 aliphatic heterocycles. The molecule has 6 heteroatoms. The van der Waals surface area contributed by atoms with Crippen LogP contribution >= 0.6 is 11.3 Å². The Morgan fingerprint density at radius 3 is 2.54 bits per heavy atom. The van der Waals surface area contributed by atoms with E-state index in [-0.39, 0.29) is 6.04 Å². The van der Waals surface area contributed by atoms with Crippen LogP contribution in [0.4, 0.5) is 0 Å². The SMILES string of the molecule is O=S(=O)(/C=C/c1ccccc1)N(Cc1cccs1)C1CCOCC1. The van der Waals surface area contributed by atoms with Crippen LogP contribution in [-0.4, -0.2) is 32.0 Å². The summed E-state index contributed by atoms with van der Waals surface area (Å²) in [5, 5.41) is 3.30. The average Bonchev–Trinajstić information content (AvgIpc) is 3.13. The number of thiophene rings is 1.